The summed E-state index contributed by atoms with van der Waals surface area (Å²) in [7, 11) is 0. The first-order valence-corrected chi connectivity index (χ1v) is 7.91. The van der Waals surface area contributed by atoms with Crippen LogP contribution in [0.15, 0.2) is 12.1 Å². The smallest absolute Gasteiger partial charge is 0.163 e. The van der Waals surface area contributed by atoms with Gasteiger partial charge in [-0.2, -0.15) is 5.26 Å². The van der Waals surface area contributed by atoms with Crippen molar-refractivity contribution in [2.75, 3.05) is 6.61 Å². The van der Waals surface area contributed by atoms with Crippen molar-refractivity contribution in [1.29, 1.82) is 5.26 Å². The number of ether oxygens (including phenoxy) is 1. The Labute approximate surface area is 132 Å². The molecule has 0 atom stereocenters. The predicted octanol–water partition coefficient (Wildman–Crippen LogP) is 4.15. The Morgan fingerprint density at radius 1 is 1.32 bits per heavy atom. The number of Topliss-reactive ketones (excluding diaryl/α,β-unsaturated/α-hetero) is 1. The van der Waals surface area contributed by atoms with Crippen LogP contribution >= 0.6 is 0 Å². The molecular weight excluding hydrogens is 278 g/mol. The number of unbranched alkanes of at least 4 members (excludes halogenated alkanes) is 3. The van der Waals surface area contributed by atoms with Crippen LogP contribution in [0.3, 0.4) is 0 Å². The van der Waals surface area contributed by atoms with Crippen molar-refractivity contribution in [2.45, 2.75) is 59.0 Å². The van der Waals surface area contributed by atoms with Gasteiger partial charge in [0.1, 0.15) is 5.75 Å². The molecule has 0 radical (unpaired) electrons. The molecule has 0 fully saturated rings. The number of carbonyl (C=O) groups is 1. The molecule has 1 N–H and O–H groups in total. The molecule has 0 aliphatic carbocycles. The molecule has 0 aliphatic rings. The van der Waals surface area contributed by atoms with Gasteiger partial charge in [0.15, 0.2) is 5.78 Å². The van der Waals surface area contributed by atoms with Crippen LogP contribution in [0.2, 0.25) is 0 Å². The Bertz CT molecular complexity index is 532. The van der Waals surface area contributed by atoms with Gasteiger partial charge in [-0.1, -0.05) is 25.8 Å². The van der Waals surface area contributed by atoms with Gasteiger partial charge in [-0.05, 0) is 37.8 Å². The maximum absolute atomic E-state index is 11.5. The van der Waals surface area contributed by atoms with E-state index < -0.39 is 0 Å². The summed E-state index contributed by atoms with van der Waals surface area (Å²) in [6.45, 7) is 4.59. The minimum absolute atomic E-state index is 0.101. The predicted molar refractivity (Wildman–Crippen MR) is 85.8 cm³/mol. The van der Waals surface area contributed by atoms with Crippen molar-refractivity contribution in [1.82, 2.24) is 0 Å². The normalized spacial score (nSPS) is 10.4. The number of carbonyl (C=O) groups excluding carboxylic acids is 1. The molecule has 0 spiro atoms. The molecular formula is C18H25NO3. The van der Waals surface area contributed by atoms with Crippen LogP contribution < -0.4 is 0 Å². The summed E-state index contributed by atoms with van der Waals surface area (Å²) in [6, 6.07) is 5.67. The zero-order chi connectivity index (χ0) is 16.4. The van der Waals surface area contributed by atoms with Crippen LogP contribution in [0.1, 0.15) is 67.4 Å². The zero-order valence-electron chi connectivity index (χ0n) is 13.5. The van der Waals surface area contributed by atoms with Crippen LogP contribution in [0, 0.1) is 11.3 Å². The van der Waals surface area contributed by atoms with Gasteiger partial charge in [-0.15, -0.1) is 0 Å². The third kappa shape index (κ3) is 5.50. The van der Waals surface area contributed by atoms with E-state index in [4.69, 9.17) is 10.00 Å². The molecule has 0 aliphatic heterocycles. The SMILES string of the molecule is CCCc1c(COCCCCCC#N)ccc(C(C)=O)c1O. The Hall–Kier alpha value is -1.86. The monoisotopic (exact) mass is 303 g/mol. The highest BCUT2D eigenvalue weighted by atomic mass is 16.5. The van der Waals surface area contributed by atoms with Crippen LogP contribution in [0.25, 0.3) is 0 Å². The summed E-state index contributed by atoms with van der Waals surface area (Å²) < 4.78 is 5.66. The summed E-state index contributed by atoms with van der Waals surface area (Å²) in [5.41, 5.74) is 2.14. The highest BCUT2D eigenvalue weighted by Crippen LogP contribution is 2.28. The lowest BCUT2D eigenvalue weighted by molar-refractivity contribution is 0.101. The number of nitrogens with zero attached hydrogens (tertiary/aromatic N) is 1. The van der Waals surface area contributed by atoms with Gasteiger partial charge in [0.05, 0.1) is 18.2 Å². The van der Waals surface area contributed by atoms with E-state index in [9.17, 15) is 9.90 Å². The molecule has 0 saturated carbocycles. The van der Waals surface area contributed by atoms with E-state index >= 15 is 0 Å². The number of phenolic OH excluding ortho intramolecular Hbond substituents is 1. The number of aromatic hydroxyl groups is 1. The topological polar surface area (TPSA) is 70.3 Å². The number of ketones is 1. The lowest BCUT2D eigenvalue weighted by Gasteiger charge is -2.14. The minimum atomic E-state index is -0.125. The average molecular weight is 303 g/mol. The standard InChI is InChI=1S/C18H25NO3/c1-3-8-17-15(9-10-16(14(2)20)18(17)21)13-22-12-7-5-4-6-11-19/h9-10,21H,3-8,12-13H2,1-2H3. The number of hydrogen-bond donors (Lipinski definition) is 1. The molecule has 4 heteroatoms. The van der Waals surface area contributed by atoms with Crippen molar-refractivity contribution in [3.05, 3.63) is 28.8 Å². The first-order valence-electron chi connectivity index (χ1n) is 7.91. The van der Waals surface area contributed by atoms with E-state index in [-0.39, 0.29) is 11.5 Å². The van der Waals surface area contributed by atoms with Crippen molar-refractivity contribution in [2.24, 2.45) is 0 Å². The second-order valence-electron chi connectivity index (χ2n) is 5.43. The first-order chi connectivity index (χ1) is 10.6. The quantitative estimate of drug-likeness (QED) is 0.520. The summed E-state index contributed by atoms with van der Waals surface area (Å²) >= 11 is 0. The third-order valence-corrected chi connectivity index (χ3v) is 3.59. The highest BCUT2D eigenvalue weighted by molar-refractivity contribution is 5.97. The van der Waals surface area contributed by atoms with Gasteiger partial charge in [-0.25, -0.2) is 0 Å². The summed E-state index contributed by atoms with van der Waals surface area (Å²) in [6.07, 6.45) is 5.06. The van der Waals surface area contributed by atoms with Gasteiger partial charge in [0.25, 0.3) is 0 Å². The van der Waals surface area contributed by atoms with E-state index in [2.05, 4.69) is 6.07 Å². The number of benzene rings is 1. The summed E-state index contributed by atoms with van der Waals surface area (Å²) in [5, 5.41) is 18.7. The van der Waals surface area contributed by atoms with Gasteiger partial charge in [0.2, 0.25) is 0 Å². The highest BCUT2D eigenvalue weighted by Gasteiger charge is 2.14. The van der Waals surface area contributed by atoms with E-state index in [1.807, 2.05) is 13.0 Å². The Morgan fingerprint density at radius 3 is 2.73 bits per heavy atom. The van der Waals surface area contributed by atoms with Gasteiger partial charge < -0.3 is 9.84 Å². The number of rotatable bonds is 10. The van der Waals surface area contributed by atoms with E-state index in [0.717, 1.165) is 43.2 Å². The number of phenols is 1. The summed E-state index contributed by atoms with van der Waals surface area (Å²) in [4.78, 5) is 11.5. The minimum Gasteiger partial charge on any atom is -0.507 e. The largest absolute Gasteiger partial charge is 0.507 e. The molecule has 0 unspecified atom stereocenters. The van der Waals surface area contributed by atoms with Crippen LogP contribution in [0.5, 0.6) is 5.75 Å². The second kappa shape index (κ2) is 9.97. The van der Waals surface area contributed by atoms with Gasteiger partial charge >= 0.3 is 0 Å². The molecule has 4 nitrogen and oxygen atoms in total. The number of hydrogen-bond acceptors (Lipinski definition) is 4. The van der Waals surface area contributed by atoms with Crippen molar-refractivity contribution < 1.29 is 14.6 Å². The molecule has 120 valence electrons. The molecule has 1 aromatic carbocycles. The van der Waals surface area contributed by atoms with Crippen LogP contribution in [0.4, 0.5) is 0 Å². The van der Waals surface area contributed by atoms with Crippen molar-refractivity contribution in [3.63, 3.8) is 0 Å². The first kappa shape index (κ1) is 18.2. The fourth-order valence-electron chi connectivity index (χ4n) is 2.39. The molecule has 0 aromatic heterocycles. The summed E-state index contributed by atoms with van der Waals surface area (Å²) in [5.74, 6) is -0.0238. The van der Waals surface area contributed by atoms with E-state index in [1.54, 1.807) is 6.07 Å². The molecule has 22 heavy (non-hydrogen) atoms. The van der Waals surface area contributed by atoms with Crippen molar-refractivity contribution >= 4 is 5.78 Å². The maximum atomic E-state index is 11.5. The lowest BCUT2D eigenvalue weighted by atomic mass is 9.97. The Kier molecular flexibility index (Phi) is 8.24. The lowest BCUT2D eigenvalue weighted by Crippen LogP contribution is -2.03. The fourth-order valence-corrected chi connectivity index (χ4v) is 2.39. The van der Waals surface area contributed by atoms with Gasteiger partial charge in [0, 0.05) is 18.6 Å². The molecule has 0 saturated heterocycles. The molecule has 0 amide bonds. The van der Waals surface area contributed by atoms with Crippen LogP contribution in [-0.4, -0.2) is 17.5 Å². The molecule has 1 rings (SSSR count). The molecule has 0 bridgehead atoms. The fraction of sp³-hybridized carbons (Fsp3) is 0.556. The molecule has 1 aromatic rings. The average Bonchev–Trinajstić information content (AvgIpc) is 2.49. The Balaban J connectivity index is 2.61. The third-order valence-electron chi connectivity index (χ3n) is 3.59. The van der Waals surface area contributed by atoms with Gasteiger partial charge in [-0.3, -0.25) is 4.79 Å². The zero-order valence-corrected chi connectivity index (χ0v) is 13.5. The van der Waals surface area contributed by atoms with E-state index in [0.29, 0.717) is 25.2 Å². The van der Waals surface area contributed by atoms with Crippen LogP contribution in [-0.2, 0) is 17.8 Å². The number of nitriles is 1. The second-order valence-corrected chi connectivity index (χ2v) is 5.43. The van der Waals surface area contributed by atoms with E-state index in [1.165, 1.54) is 6.92 Å². The molecule has 0 heterocycles. The van der Waals surface area contributed by atoms with Crippen molar-refractivity contribution in [3.8, 4) is 11.8 Å². The maximum Gasteiger partial charge on any atom is 0.163 e. The Morgan fingerprint density at radius 2 is 2.09 bits per heavy atom.